The molecule has 7 heteroatoms. The number of aromatic nitrogens is 1. The van der Waals surface area contributed by atoms with E-state index in [1.54, 1.807) is 6.20 Å². The van der Waals surface area contributed by atoms with Crippen molar-refractivity contribution in [3.63, 3.8) is 0 Å². The van der Waals surface area contributed by atoms with Crippen molar-refractivity contribution in [2.75, 3.05) is 33.2 Å². The van der Waals surface area contributed by atoms with Crippen LogP contribution in [0.4, 0.5) is 0 Å². The minimum absolute atomic E-state index is 0.106. The number of nitrogens with zero attached hydrogens (tertiary/aromatic N) is 4. The van der Waals surface area contributed by atoms with E-state index in [4.69, 9.17) is 9.73 Å². The Balaban J connectivity index is 2.00. The van der Waals surface area contributed by atoms with Crippen molar-refractivity contribution in [2.24, 2.45) is 4.99 Å². The van der Waals surface area contributed by atoms with Crippen LogP contribution < -0.4 is 10.1 Å². The molecule has 0 spiro atoms. The number of guanidine groups is 1. The SMILES string of the molecule is CCNC(=NCc1ccnc(OC2CCCC2)c1)N(C)CC(=O)N(CC)CC. The van der Waals surface area contributed by atoms with E-state index in [1.807, 2.05) is 49.8 Å². The van der Waals surface area contributed by atoms with Gasteiger partial charge in [-0.3, -0.25) is 4.79 Å². The van der Waals surface area contributed by atoms with Gasteiger partial charge in [-0.05, 0) is 58.1 Å². The molecule has 0 saturated heterocycles. The number of hydrogen-bond acceptors (Lipinski definition) is 4. The molecule has 1 heterocycles. The second kappa shape index (κ2) is 11.5. The minimum atomic E-state index is 0.106. The number of likely N-dealkylation sites (N-methyl/N-ethyl adjacent to an activating group) is 2. The molecule has 7 nitrogen and oxygen atoms in total. The Morgan fingerprint density at radius 2 is 2.00 bits per heavy atom. The maximum absolute atomic E-state index is 12.4. The van der Waals surface area contributed by atoms with Crippen molar-refractivity contribution in [3.05, 3.63) is 23.9 Å². The van der Waals surface area contributed by atoms with Crippen LogP contribution in [0.25, 0.3) is 0 Å². The quantitative estimate of drug-likeness (QED) is 0.519. The maximum atomic E-state index is 12.4. The van der Waals surface area contributed by atoms with Gasteiger partial charge in [-0.15, -0.1) is 0 Å². The highest BCUT2D eigenvalue weighted by Gasteiger charge is 2.17. The summed E-state index contributed by atoms with van der Waals surface area (Å²) in [5, 5.41) is 3.26. The second-order valence-electron chi connectivity index (χ2n) is 7.12. The first-order valence-corrected chi connectivity index (χ1v) is 10.5. The lowest BCUT2D eigenvalue weighted by Crippen LogP contribution is -2.45. The predicted octanol–water partition coefficient (Wildman–Crippen LogP) is 2.67. The Morgan fingerprint density at radius 3 is 2.64 bits per heavy atom. The molecule has 1 aromatic heterocycles. The predicted molar refractivity (Wildman–Crippen MR) is 112 cm³/mol. The van der Waals surface area contributed by atoms with Crippen molar-refractivity contribution in [2.45, 2.75) is 59.1 Å². The van der Waals surface area contributed by atoms with Gasteiger partial charge in [0.25, 0.3) is 0 Å². The highest BCUT2D eigenvalue weighted by atomic mass is 16.5. The summed E-state index contributed by atoms with van der Waals surface area (Å²) in [6, 6.07) is 3.92. The molecule has 1 N–H and O–H groups in total. The summed E-state index contributed by atoms with van der Waals surface area (Å²) in [5.41, 5.74) is 1.04. The molecule has 0 bridgehead atoms. The van der Waals surface area contributed by atoms with E-state index in [1.165, 1.54) is 12.8 Å². The van der Waals surface area contributed by atoms with Gasteiger partial charge in [0.15, 0.2) is 5.96 Å². The first-order valence-electron chi connectivity index (χ1n) is 10.5. The largest absolute Gasteiger partial charge is 0.474 e. The standard InChI is InChI=1S/C21H35N5O2/c1-5-22-21(25(4)16-20(27)26(6-2)7-3)24-15-17-12-13-23-19(14-17)28-18-10-8-9-11-18/h12-14,18H,5-11,15-16H2,1-4H3,(H,22,24). The highest BCUT2D eigenvalue weighted by Crippen LogP contribution is 2.23. The third kappa shape index (κ3) is 6.69. The number of aliphatic imine (C=N–C) groups is 1. The molecule has 1 aromatic rings. The molecular weight excluding hydrogens is 354 g/mol. The minimum Gasteiger partial charge on any atom is -0.474 e. The van der Waals surface area contributed by atoms with Crippen LogP contribution in [0, 0.1) is 0 Å². The lowest BCUT2D eigenvalue weighted by molar-refractivity contribution is -0.131. The molecule has 0 aromatic carbocycles. The van der Waals surface area contributed by atoms with Crippen molar-refractivity contribution in [1.29, 1.82) is 0 Å². The van der Waals surface area contributed by atoms with Gasteiger partial charge >= 0.3 is 0 Å². The molecule has 1 aliphatic rings. The number of ether oxygens (including phenoxy) is 1. The topological polar surface area (TPSA) is 70.1 Å². The molecule has 1 amide bonds. The summed E-state index contributed by atoms with van der Waals surface area (Å²) in [5.74, 6) is 1.50. The molecule has 0 unspecified atom stereocenters. The molecule has 28 heavy (non-hydrogen) atoms. The molecule has 1 fully saturated rings. The van der Waals surface area contributed by atoms with E-state index >= 15 is 0 Å². The normalized spacial score (nSPS) is 14.8. The summed E-state index contributed by atoms with van der Waals surface area (Å²) in [7, 11) is 1.89. The van der Waals surface area contributed by atoms with E-state index in [9.17, 15) is 4.79 Å². The molecule has 0 atom stereocenters. The Labute approximate surface area is 169 Å². The lowest BCUT2D eigenvalue weighted by atomic mass is 10.2. The number of hydrogen-bond donors (Lipinski definition) is 1. The van der Waals surface area contributed by atoms with Gasteiger partial charge in [0.05, 0.1) is 13.1 Å². The van der Waals surface area contributed by atoms with Gasteiger partial charge in [-0.25, -0.2) is 9.98 Å². The number of carbonyl (C=O) groups is 1. The Bertz CT molecular complexity index is 639. The zero-order chi connectivity index (χ0) is 20.4. The molecule has 1 aliphatic carbocycles. The molecule has 1 saturated carbocycles. The van der Waals surface area contributed by atoms with E-state index in [-0.39, 0.29) is 5.91 Å². The first-order chi connectivity index (χ1) is 13.6. The summed E-state index contributed by atoms with van der Waals surface area (Å²) in [4.78, 5) is 25.1. The van der Waals surface area contributed by atoms with Gasteiger partial charge in [0, 0.05) is 38.9 Å². The summed E-state index contributed by atoms with van der Waals surface area (Å²) >= 11 is 0. The van der Waals surface area contributed by atoms with Gasteiger partial charge in [-0.1, -0.05) is 0 Å². The first kappa shape index (κ1) is 22.0. The van der Waals surface area contributed by atoms with Crippen molar-refractivity contribution in [1.82, 2.24) is 20.1 Å². The Kier molecular flexibility index (Phi) is 9.04. The van der Waals surface area contributed by atoms with Crippen molar-refractivity contribution in [3.8, 4) is 5.88 Å². The van der Waals surface area contributed by atoms with Gasteiger partial charge in [0.2, 0.25) is 11.8 Å². The summed E-state index contributed by atoms with van der Waals surface area (Å²) in [6.07, 6.45) is 6.76. The van der Waals surface area contributed by atoms with Crippen molar-refractivity contribution >= 4 is 11.9 Å². The third-order valence-electron chi connectivity index (χ3n) is 4.99. The molecular formula is C21H35N5O2. The molecule has 156 valence electrons. The summed E-state index contributed by atoms with van der Waals surface area (Å²) in [6.45, 7) is 9.01. The van der Waals surface area contributed by atoms with Crippen LogP contribution in [0.15, 0.2) is 23.3 Å². The van der Waals surface area contributed by atoms with Crippen LogP contribution >= 0.6 is 0 Å². The molecule has 0 radical (unpaired) electrons. The van der Waals surface area contributed by atoms with Crippen molar-refractivity contribution < 1.29 is 9.53 Å². The van der Waals surface area contributed by atoms with E-state index in [0.717, 1.165) is 44.0 Å². The number of pyridine rings is 1. The fourth-order valence-corrected chi connectivity index (χ4v) is 3.38. The highest BCUT2D eigenvalue weighted by molar-refractivity contribution is 5.86. The van der Waals surface area contributed by atoms with Crippen LogP contribution in [0.3, 0.4) is 0 Å². The average molecular weight is 390 g/mol. The van der Waals surface area contributed by atoms with Gasteiger partial charge < -0.3 is 19.9 Å². The number of nitrogens with one attached hydrogen (secondary N) is 1. The van der Waals surface area contributed by atoms with Crippen LogP contribution in [-0.4, -0.2) is 66.0 Å². The fraction of sp³-hybridized carbons (Fsp3) is 0.667. The Morgan fingerprint density at radius 1 is 1.29 bits per heavy atom. The Hall–Kier alpha value is -2.31. The zero-order valence-electron chi connectivity index (χ0n) is 17.8. The monoisotopic (exact) mass is 389 g/mol. The van der Waals surface area contributed by atoms with Crippen LogP contribution in [0.5, 0.6) is 5.88 Å². The summed E-state index contributed by atoms with van der Waals surface area (Å²) < 4.78 is 5.99. The number of amides is 1. The number of carbonyl (C=O) groups excluding carboxylic acids is 1. The van der Waals surface area contributed by atoms with Crippen LogP contribution in [0.1, 0.15) is 52.0 Å². The van der Waals surface area contributed by atoms with E-state index < -0.39 is 0 Å². The van der Waals surface area contributed by atoms with Gasteiger partial charge in [-0.2, -0.15) is 0 Å². The third-order valence-corrected chi connectivity index (χ3v) is 4.99. The molecule has 2 rings (SSSR count). The molecule has 0 aliphatic heterocycles. The van der Waals surface area contributed by atoms with Crippen LogP contribution in [-0.2, 0) is 11.3 Å². The fourth-order valence-electron chi connectivity index (χ4n) is 3.38. The maximum Gasteiger partial charge on any atom is 0.242 e. The smallest absolute Gasteiger partial charge is 0.242 e. The lowest BCUT2D eigenvalue weighted by Gasteiger charge is -2.25. The van der Waals surface area contributed by atoms with E-state index in [2.05, 4.69) is 10.3 Å². The number of rotatable bonds is 9. The van der Waals surface area contributed by atoms with Gasteiger partial charge in [0.1, 0.15) is 6.10 Å². The van der Waals surface area contributed by atoms with Crippen LogP contribution in [0.2, 0.25) is 0 Å². The second-order valence-corrected chi connectivity index (χ2v) is 7.12. The van der Waals surface area contributed by atoms with E-state index in [0.29, 0.717) is 25.1 Å². The zero-order valence-corrected chi connectivity index (χ0v) is 17.8. The average Bonchev–Trinajstić information content (AvgIpc) is 3.19.